The molecule has 0 aliphatic heterocycles. The summed E-state index contributed by atoms with van der Waals surface area (Å²) in [4.78, 5) is 0. The average molecular weight is 311 g/mol. The molecule has 0 aromatic heterocycles. The molecule has 0 amide bonds. The SMILES string of the molecule is N#[C][Pb]([C]#N)([C]#N)[C]#N. The Morgan fingerprint density at radius 1 is 0.667 bits per heavy atom. The molecule has 40 valence electrons. The van der Waals surface area contributed by atoms with Crippen LogP contribution in [0.1, 0.15) is 0 Å². The molecule has 0 aliphatic carbocycles. The zero-order chi connectivity index (χ0) is 7.33. The predicted molar refractivity (Wildman–Crippen MR) is 28.2 cm³/mol. The van der Waals surface area contributed by atoms with Crippen LogP contribution in [0.3, 0.4) is 0 Å². The van der Waals surface area contributed by atoms with Gasteiger partial charge in [-0.25, -0.2) is 0 Å². The van der Waals surface area contributed by atoms with E-state index in [1.165, 1.54) is 14.5 Å². The van der Waals surface area contributed by atoms with Gasteiger partial charge >= 0.3 is 56.7 Å². The van der Waals surface area contributed by atoms with Crippen LogP contribution in [0.15, 0.2) is 0 Å². The summed E-state index contributed by atoms with van der Waals surface area (Å²) >= 11 is -4.28. The standard InChI is InChI=1S/4CN.Pb/c4*1-2;. The molecule has 0 heterocycles. The van der Waals surface area contributed by atoms with Crippen molar-refractivity contribution in [2.24, 2.45) is 0 Å². The zero-order valence-corrected chi connectivity index (χ0v) is 8.18. The van der Waals surface area contributed by atoms with Crippen molar-refractivity contribution in [1.82, 2.24) is 0 Å². The van der Waals surface area contributed by atoms with Gasteiger partial charge in [0.2, 0.25) is 0 Å². The first-order chi connectivity index (χ1) is 4.24. The molecule has 0 rings (SSSR count). The van der Waals surface area contributed by atoms with E-state index >= 15 is 0 Å². The van der Waals surface area contributed by atoms with Gasteiger partial charge in [0.15, 0.2) is 0 Å². The van der Waals surface area contributed by atoms with Gasteiger partial charge in [-0.05, 0) is 0 Å². The second-order valence-corrected chi connectivity index (χ2v) is 10.5. The molecular weight excluding hydrogens is 311 g/mol. The third-order valence-corrected chi connectivity index (χ3v) is 5.89. The van der Waals surface area contributed by atoms with Gasteiger partial charge in [-0.2, -0.15) is 0 Å². The molecule has 4 nitrogen and oxygen atoms in total. The van der Waals surface area contributed by atoms with E-state index in [4.69, 9.17) is 21.0 Å². The Balaban J connectivity index is 4.84. The van der Waals surface area contributed by atoms with Crippen LogP contribution >= 0.6 is 0 Å². The van der Waals surface area contributed by atoms with Gasteiger partial charge in [0.25, 0.3) is 0 Å². The monoisotopic (exact) mass is 312 g/mol. The van der Waals surface area contributed by atoms with Crippen LogP contribution in [0.25, 0.3) is 0 Å². The van der Waals surface area contributed by atoms with Crippen molar-refractivity contribution >= 4 is 21.2 Å². The molecule has 0 aliphatic rings. The van der Waals surface area contributed by atoms with Gasteiger partial charge in [0.1, 0.15) is 0 Å². The number of rotatable bonds is 0. The Kier molecular flexibility index (Phi) is 2.64. The fourth-order valence-corrected chi connectivity index (χ4v) is 1.32. The van der Waals surface area contributed by atoms with Gasteiger partial charge in [-0.3, -0.25) is 0 Å². The summed E-state index contributed by atoms with van der Waals surface area (Å²) in [5.41, 5.74) is 0. The van der Waals surface area contributed by atoms with Crippen LogP contribution in [0.4, 0.5) is 0 Å². The Morgan fingerprint density at radius 2 is 0.889 bits per heavy atom. The summed E-state index contributed by atoms with van der Waals surface area (Å²) in [6.45, 7) is 0. The number of nitrogens with zero attached hydrogens (tertiary/aromatic N) is 4. The van der Waals surface area contributed by atoms with Gasteiger partial charge in [0, 0.05) is 0 Å². The van der Waals surface area contributed by atoms with E-state index in [0.29, 0.717) is 0 Å². The van der Waals surface area contributed by atoms with Crippen molar-refractivity contribution in [3.63, 3.8) is 0 Å². The Bertz CT molecular complexity index is 205. The van der Waals surface area contributed by atoms with E-state index in [-0.39, 0.29) is 0 Å². The summed E-state index contributed by atoms with van der Waals surface area (Å²) in [6.07, 6.45) is 0. The Labute approximate surface area is 56.8 Å². The van der Waals surface area contributed by atoms with Gasteiger partial charge in [-0.1, -0.05) is 0 Å². The van der Waals surface area contributed by atoms with Crippen LogP contribution in [0.5, 0.6) is 0 Å². The van der Waals surface area contributed by atoms with E-state index in [2.05, 4.69) is 0 Å². The second kappa shape index (κ2) is 3.02. The maximum atomic E-state index is 8.16. The minimum atomic E-state index is -4.28. The van der Waals surface area contributed by atoms with Crippen molar-refractivity contribution in [2.75, 3.05) is 0 Å². The first-order valence-corrected chi connectivity index (χ1v) is 9.67. The second-order valence-electron chi connectivity index (χ2n) is 1.20. The van der Waals surface area contributed by atoms with Crippen molar-refractivity contribution in [2.45, 2.75) is 0 Å². The molecular formula is C4N4Pb. The molecule has 0 N–H and O–H groups in total. The van der Waals surface area contributed by atoms with E-state index < -0.39 is 21.2 Å². The van der Waals surface area contributed by atoms with E-state index in [0.717, 1.165) is 0 Å². The number of nitriles is 4. The average Bonchev–Trinajstić information content (AvgIpc) is 1.95. The summed E-state index contributed by atoms with van der Waals surface area (Å²) in [6, 6.07) is 0. The molecule has 0 unspecified atom stereocenters. The third-order valence-electron chi connectivity index (χ3n) is 0.671. The normalized spacial score (nSPS) is 7.56. The van der Waals surface area contributed by atoms with Gasteiger partial charge < -0.3 is 0 Å². The third kappa shape index (κ3) is 1.39. The Morgan fingerprint density at radius 3 is 0.889 bits per heavy atom. The summed E-state index contributed by atoms with van der Waals surface area (Å²) in [5, 5.41) is 32.6. The summed E-state index contributed by atoms with van der Waals surface area (Å²) < 4.78 is 6.01. The fourth-order valence-electron chi connectivity index (χ4n) is 0.150. The van der Waals surface area contributed by atoms with Crippen molar-refractivity contribution in [3.8, 4) is 14.5 Å². The summed E-state index contributed by atoms with van der Waals surface area (Å²) in [5.74, 6) is 0. The van der Waals surface area contributed by atoms with Gasteiger partial charge in [0.05, 0.1) is 0 Å². The van der Waals surface area contributed by atoms with Crippen LogP contribution in [0, 0.1) is 35.6 Å². The quantitative estimate of drug-likeness (QED) is 0.573. The van der Waals surface area contributed by atoms with Crippen LogP contribution in [-0.2, 0) is 0 Å². The van der Waals surface area contributed by atoms with Crippen LogP contribution in [-0.4, -0.2) is 21.2 Å². The molecule has 0 aromatic rings. The first kappa shape index (κ1) is 7.88. The minimum absolute atomic E-state index is 1.50. The maximum absolute atomic E-state index is 8.16. The molecule has 0 bridgehead atoms. The molecule has 0 fully saturated rings. The van der Waals surface area contributed by atoms with Crippen molar-refractivity contribution in [3.05, 3.63) is 0 Å². The molecule has 5 heteroatoms. The Hall–Kier alpha value is -1.12. The molecule has 0 saturated heterocycles. The molecule has 0 saturated carbocycles. The van der Waals surface area contributed by atoms with E-state index in [1.807, 2.05) is 0 Å². The first-order valence-electron chi connectivity index (χ1n) is 1.89. The molecule has 0 aromatic carbocycles. The predicted octanol–water partition coefficient (Wildman–Crippen LogP) is -0.314. The van der Waals surface area contributed by atoms with E-state index in [9.17, 15) is 0 Å². The van der Waals surface area contributed by atoms with E-state index in [1.54, 1.807) is 0 Å². The topological polar surface area (TPSA) is 95.2 Å². The molecule has 9 heavy (non-hydrogen) atoms. The zero-order valence-electron chi connectivity index (χ0n) is 4.29. The van der Waals surface area contributed by atoms with Crippen LogP contribution in [0.2, 0.25) is 0 Å². The fraction of sp³-hybridized carbons (Fsp3) is 0. The molecule has 0 atom stereocenters. The molecule has 0 radical (unpaired) electrons. The van der Waals surface area contributed by atoms with Crippen molar-refractivity contribution in [1.29, 1.82) is 21.0 Å². The summed E-state index contributed by atoms with van der Waals surface area (Å²) in [7, 11) is 0. The van der Waals surface area contributed by atoms with Crippen molar-refractivity contribution < 1.29 is 0 Å². The number of hydrogen-bond donors (Lipinski definition) is 0. The van der Waals surface area contributed by atoms with Gasteiger partial charge in [-0.15, -0.1) is 0 Å². The number of hydrogen-bond acceptors (Lipinski definition) is 4. The molecule has 0 spiro atoms. The van der Waals surface area contributed by atoms with Crippen LogP contribution < -0.4 is 0 Å².